The number of carboxylic acid groups (broad SMARTS) is 1. The lowest BCUT2D eigenvalue weighted by molar-refractivity contribution is 0.0701. The molecule has 0 bridgehead atoms. The summed E-state index contributed by atoms with van der Waals surface area (Å²) in [5, 5.41) is 10.2. The topological polar surface area (TPSA) is 66.3 Å². The first-order valence-electron chi connectivity index (χ1n) is 6.91. The molecule has 0 unspecified atom stereocenters. The van der Waals surface area contributed by atoms with E-state index in [0.717, 1.165) is 34.7 Å². The van der Waals surface area contributed by atoms with Crippen molar-refractivity contribution in [2.75, 3.05) is 18.0 Å². The van der Waals surface area contributed by atoms with Crippen LogP contribution in [0.15, 0.2) is 6.33 Å². The lowest BCUT2D eigenvalue weighted by atomic mass is 10.2. The highest BCUT2D eigenvalue weighted by molar-refractivity contribution is 7.20. The minimum atomic E-state index is -0.882. The van der Waals surface area contributed by atoms with E-state index in [0.29, 0.717) is 4.88 Å². The van der Waals surface area contributed by atoms with Crippen molar-refractivity contribution in [1.29, 1.82) is 0 Å². The number of rotatable bonds is 2. The molecule has 106 valence electrons. The van der Waals surface area contributed by atoms with Crippen LogP contribution in [0.1, 0.15) is 40.9 Å². The van der Waals surface area contributed by atoms with Crippen LogP contribution in [0, 0.1) is 6.92 Å². The SMILES string of the molecule is Cc1c(C(=O)O)sc2ncnc(N3CCCCCC3)c12. The van der Waals surface area contributed by atoms with Crippen molar-refractivity contribution in [3.63, 3.8) is 0 Å². The number of anilines is 1. The van der Waals surface area contributed by atoms with Crippen LogP contribution in [-0.2, 0) is 0 Å². The molecule has 0 saturated carbocycles. The molecule has 3 rings (SSSR count). The molecule has 0 radical (unpaired) electrons. The number of fused-ring (bicyclic) bond motifs is 1. The fourth-order valence-corrected chi connectivity index (χ4v) is 3.76. The Bertz CT molecular complexity index is 645. The van der Waals surface area contributed by atoms with E-state index in [4.69, 9.17) is 0 Å². The van der Waals surface area contributed by atoms with E-state index in [1.807, 2.05) is 6.92 Å². The summed E-state index contributed by atoms with van der Waals surface area (Å²) in [5.41, 5.74) is 0.789. The molecular formula is C14H17N3O2S. The van der Waals surface area contributed by atoms with Gasteiger partial charge in [0.1, 0.15) is 21.9 Å². The van der Waals surface area contributed by atoms with Gasteiger partial charge in [-0.25, -0.2) is 14.8 Å². The molecule has 0 aromatic carbocycles. The lowest BCUT2D eigenvalue weighted by Gasteiger charge is -2.22. The second-order valence-corrected chi connectivity index (χ2v) is 6.14. The van der Waals surface area contributed by atoms with Gasteiger partial charge in [-0.05, 0) is 25.3 Å². The maximum Gasteiger partial charge on any atom is 0.346 e. The number of nitrogens with zero attached hydrogens (tertiary/aromatic N) is 3. The summed E-state index contributed by atoms with van der Waals surface area (Å²) in [6, 6.07) is 0. The van der Waals surface area contributed by atoms with E-state index in [1.54, 1.807) is 6.33 Å². The molecule has 0 aliphatic carbocycles. The van der Waals surface area contributed by atoms with Crippen LogP contribution in [-0.4, -0.2) is 34.1 Å². The molecule has 2 aromatic heterocycles. The number of hydrogen-bond acceptors (Lipinski definition) is 5. The van der Waals surface area contributed by atoms with Gasteiger partial charge in [0.15, 0.2) is 0 Å². The third kappa shape index (κ3) is 2.24. The largest absolute Gasteiger partial charge is 0.477 e. The number of aryl methyl sites for hydroxylation is 1. The van der Waals surface area contributed by atoms with Crippen LogP contribution >= 0.6 is 11.3 Å². The first-order valence-corrected chi connectivity index (χ1v) is 7.72. The second kappa shape index (κ2) is 5.36. The van der Waals surface area contributed by atoms with Gasteiger partial charge in [-0.2, -0.15) is 0 Å². The maximum atomic E-state index is 11.3. The molecule has 3 heterocycles. The van der Waals surface area contributed by atoms with Gasteiger partial charge in [0.25, 0.3) is 0 Å². The summed E-state index contributed by atoms with van der Waals surface area (Å²) in [5.74, 6) is 0.0190. The average Bonchev–Trinajstić information content (AvgIpc) is 2.64. The second-order valence-electron chi connectivity index (χ2n) is 5.14. The van der Waals surface area contributed by atoms with Gasteiger partial charge in [0, 0.05) is 13.1 Å². The molecule has 1 fully saturated rings. The fourth-order valence-electron chi connectivity index (χ4n) is 2.78. The molecule has 1 aliphatic rings. The molecule has 1 N–H and O–H groups in total. The molecule has 6 heteroatoms. The summed E-state index contributed by atoms with van der Waals surface area (Å²) in [4.78, 5) is 23.4. The number of thiophene rings is 1. The Morgan fingerprint density at radius 3 is 2.60 bits per heavy atom. The maximum absolute atomic E-state index is 11.3. The van der Waals surface area contributed by atoms with E-state index < -0.39 is 5.97 Å². The smallest absolute Gasteiger partial charge is 0.346 e. The predicted molar refractivity (Wildman–Crippen MR) is 79.8 cm³/mol. The Hall–Kier alpha value is -1.69. The highest BCUT2D eigenvalue weighted by Gasteiger charge is 2.21. The Morgan fingerprint density at radius 1 is 1.25 bits per heavy atom. The van der Waals surface area contributed by atoms with E-state index in [-0.39, 0.29) is 0 Å². The monoisotopic (exact) mass is 291 g/mol. The van der Waals surface area contributed by atoms with Crippen molar-refractivity contribution in [2.45, 2.75) is 32.6 Å². The first-order chi connectivity index (χ1) is 9.68. The van der Waals surface area contributed by atoms with Crippen LogP contribution in [0.3, 0.4) is 0 Å². The van der Waals surface area contributed by atoms with Gasteiger partial charge in [-0.3, -0.25) is 0 Å². The van der Waals surface area contributed by atoms with Gasteiger partial charge < -0.3 is 10.0 Å². The Morgan fingerprint density at radius 2 is 1.95 bits per heavy atom. The number of carboxylic acids is 1. The minimum absolute atomic E-state index is 0.372. The van der Waals surface area contributed by atoms with Crippen molar-refractivity contribution >= 4 is 33.3 Å². The van der Waals surface area contributed by atoms with Crippen LogP contribution in [0.5, 0.6) is 0 Å². The lowest BCUT2D eigenvalue weighted by Crippen LogP contribution is -2.25. The molecule has 0 amide bonds. The third-order valence-electron chi connectivity index (χ3n) is 3.81. The van der Waals surface area contributed by atoms with Crippen LogP contribution in [0.4, 0.5) is 5.82 Å². The minimum Gasteiger partial charge on any atom is -0.477 e. The van der Waals surface area contributed by atoms with Gasteiger partial charge in [-0.15, -0.1) is 11.3 Å². The zero-order chi connectivity index (χ0) is 14.1. The molecule has 1 aliphatic heterocycles. The predicted octanol–water partition coefficient (Wildman–Crippen LogP) is 3.08. The van der Waals surface area contributed by atoms with Crippen molar-refractivity contribution in [1.82, 2.24) is 9.97 Å². The summed E-state index contributed by atoms with van der Waals surface area (Å²) in [7, 11) is 0. The van der Waals surface area contributed by atoms with Crippen molar-refractivity contribution in [3.8, 4) is 0 Å². The Labute approximate surface area is 121 Å². The number of aromatic carboxylic acids is 1. The van der Waals surface area contributed by atoms with Crippen LogP contribution < -0.4 is 4.90 Å². The Balaban J connectivity index is 2.12. The fraction of sp³-hybridized carbons (Fsp3) is 0.500. The molecule has 1 saturated heterocycles. The molecule has 0 spiro atoms. The van der Waals surface area contributed by atoms with E-state index in [2.05, 4.69) is 14.9 Å². The number of hydrogen-bond donors (Lipinski definition) is 1. The van der Waals surface area contributed by atoms with Gasteiger partial charge in [0.05, 0.1) is 5.39 Å². The van der Waals surface area contributed by atoms with E-state index in [9.17, 15) is 9.90 Å². The molecule has 2 aromatic rings. The summed E-state index contributed by atoms with van der Waals surface area (Å²) in [6.07, 6.45) is 6.40. The quantitative estimate of drug-likeness (QED) is 0.921. The summed E-state index contributed by atoms with van der Waals surface area (Å²) < 4.78 is 0. The number of aromatic nitrogens is 2. The standard InChI is InChI=1S/C14H17N3O2S/c1-9-10-12(17-6-4-2-3-5-7-17)15-8-16-13(10)20-11(9)14(18)19/h8H,2-7H2,1H3,(H,18,19). The molecule has 20 heavy (non-hydrogen) atoms. The third-order valence-corrected chi connectivity index (χ3v) is 4.99. The van der Waals surface area contributed by atoms with Crippen LogP contribution in [0.2, 0.25) is 0 Å². The number of carbonyl (C=O) groups is 1. The average molecular weight is 291 g/mol. The normalized spacial score (nSPS) is 16.4. The highest BCUT2D eigenvalue weighted by atomic mass is 32.1. The molecule has 5 nitrogen and oxygen atoms in total. The zero-order valence-corrected chi connectivity index (χ0v) is 12.2. The van der Waals surface area contributed by atoms with Crippen LogP contribution in [0.25, 0.3) is 10.2 Å². The molecule has 0 atom stereocenters. The van der Waals surface area contributed by atoms with E-state index >= 15 is 0 Å². The van der Waals surface area contributed by atoms with Crippen molar-refractivity contribution in [3.05, 3.63) is 16.8 Å². The first kappa shape index (κ1) is 13.3. The van der Waals surface area contributed by atoms with Gasteiger partial charge in [-0.1, -0.05) is 12.8 Å². The highest BCUT2D eigenvalue weighted by Crippen LogP contribution is 2.35. The van der Waals surface area contributed by atoms with Gasteiger partial charge in [0.2, 0.25) is 0 Å². The van der Waals surface area contributed by atoms with E-state index in [1.165, 1.54) is 37.0 Å². The van der Waals surface area contributed by atoms with Crippen molar-refractivity contribution < 1.29 is 9.90 Å². The zero-order valence-electron chi connectivity index (χ0n) is 11.4. The van der Waals surface area contributed by atoms with Crippen molar-refractivity contribution in [2.24, 2.45) is 0 Å². The molecular weight excluding hydrogens is 274 g/mol. The summed E-state index contributed by atoms with van der Waals surface area (Å²) >= 11 is 1.24. The van der Waals surface area contributed by atoms with Gasteiger partial charge >= 0.3 is 5.97 Å². The Kier molecular flexibility index (Phi) is 3.56. The summed E-state index contributed by atoms with van der Waals surface area (Å²) in [6.45, 7) is 3.83.